The number of halogens is 2. The number of amides is 1. The number of anilines is 1. The lowest BCUT2D eigenvalue weighted by Crippen LogP contribution is -2.31. The number of hydrogen-bond acceptors (Lipinski definition) is 2. The highest BCUT2D eigenvalue weighted by Gasteiger charge is 2.05. The van der Waals surface area contributed by atoms with Crippen LogP contribution in [0.15, 0.2) is 48.5 Å². The first-order valence-electron chi connectivity index (χ1n) is 6.65. The molecule has 110 valence electrons. The normalized spacial score (nSPS) is 10.2. The Kier molecular flexibility index (Phi) is 5.26. The largest absolute Gasteiger partial charge is 0.374 e. The molecule has 0 aliphatic heterocycles. The van der Waals surface area contributed by atoms with Crippen LogP contribution < -0.4 is 10.6 Å². The van der Waals surface area contributed by atoms with Crippen LogP contribution in [0.3, 0.4) is 0 Å². The minimum absolute atomic E-state index is 0.0296. The smallest absolute Gasteiger partial charge is 0.239 e. The molecule has 2 rings (SSSR count). The number of rotatable bonds is 6. The Hall–Kier alpha value is -2.43. The number of nitrogens with one attached hydrogen (secondary N) is 2. The van der Waals surface area contributed by atoms with Gasteiger partial charge in [0.25, 0.3) is 0 Å². The Morgan fingerprint density at radius 3 is 2.33 bits per heavy atom. The summed E-state index contributed by atoms with van der Waals surface area (Å²) in [5.74, 6) is -0.956. The maximum Gasteiger partial charge on any atom is 0.239 e. The van der Waals surface area contributed by atoms with Crippen molar-refractivity contribution in [1.29, 1.82) is 0 Å². The van der Waals surface area contributed by atoms with Gasteiger partial charge in [0.1, 0.15) is 11.6 Å². The minimum atomic E-state index is -0.406. The second-order valence-electron chi connectivity index (χ2n) is 4.52. The lowest BCUT2D eigenvalue weighted by Gasteiger charge is -2.08. The van der Waals surface area contributed by atoms with Crippen molar-refractivity contribution in [2.45, 2.75) is 6.42 Å². The molecule has 0 aliphatic carbocycles. The van der Waals surface area contributed by atoms with E-state index in [0.29, 0.717) is 18.5 Å². The summed E-state index contributed by atoms with van der Waals surface area (Å²) < 4.78 is 26.7. The third kappa shape index (κ3) is 4.56. The predicted octanol–water partition coefficient (Wildman–Crippen LogP) is 2.74. The van der Waals surface area contributed by atoms with Gasteiger partial charge in [-0.15, -0.1) is 0 Å². The molecule has 0 radical (unpaired) electrons. The highest BCUT2D eigenvalue weighted by atomic mass is 19.1. The fourth-order valence-corrected chi connectivity index (χ4v) is 1.88. The minimum Gasteiger partial charge on any atom is -0.374 e. The van der Waals surface area contributed by atoms with Crippen LogP contribution >= 0.6 is 0 Å². The Morgan fingerprint density at radius 1 is 0.952 bits per heavy atom. The monoisotopic (exact) mass is 290 g/mol. The molecule has 1 amide bonds. The molecule has 0 saturated carbocycles. The van der Waals surface area contributed by atoms with Gasteiger partial charge in [0.05, 0.1) is 12.2 Å². The summed E-state index contributed by atoms with van der Waals surface area (Å²) in [6.45, 7) is 0.303. The summed E-state index contributed by atoms with van der Waals surface area (Å²) >= 11 is 0. The summed E-state index contributed by atoms with van der Waals surface area (Å²) in [7, 11) is 0. The summed E-state index contributed by atoms with van der Waals surface area (Å²) in [5.41, 5.74) is 0.835. The van der Waals surface area contributed by atoms with E-state index in [1.807, 2.05) is 0 Å². The maximum absolute atomic E-state index is 13.4. The van der Waals surface area contributed by atoms with Crippen molar-refractivity contribution in [2.24, 2.45) is 0 Å². The summed E-state index contributed by atoms with van der Waals surface area (Å²) in [6, 6.07) is 12.6. The Bertz CT molecular complexity index is 617. The zero-order valence-electron chi connectivity index (χ0n) is 11.4. The van der Waals surface area contributed by atoms with E-state index in [1.54, 1.807) is 36.4 Å². The van der Waals surface area contributed by atoms with Crippen LogP contribution in [0, 0.1) is 11.6 Å². The van der Waals surface area contributed by atoms with E-state index in [1.165, 1.54) is 12.1 Å². The Morgan fingerprint density at radius 2 is 1.62 bits per heavy atom. The van der Waals surface area contributed by atoms with E-state index in [2.05, 4.69) is 10.6 Å². The molecule has 0 unspecified atom stereocenters. The number of benzene rings is 2. The van der Waals surface area contributed by atoms with Gasteiger partial charge in [0.2, 0.25) is 5.91 Å². The van der Waals surface area contributed by atoms with Crippen molar-refractivity contribution in [3.05, 3.63) is 65.7 Å². The quantitative estimate of drug-likeness (QED) is 0.859. The van der Waals surface area contributed by atoms with Crippen LogP contribution in [0.2, 0.25) is 0 Å². The van der Waals surface area contributed by atoms with Crippen LogP contribution in [0.5, 0.6) is 0 Å². The SMILES string of the molecule is O=C(CNc1ccccc1F)NCCc1ccccc1F. The van der Waals surface area contributed by atoms with Crippen LogP contribution in [-0.2, 0) is 11.2 Å². The van der Waals surface area contributed by atoms with Crippen molar-refractivity contribution < 1.29 is 13.6 Å². The Balaban J connectivity index is 1.73. The molecule has 2 N–H and O–H groups in total. The second kappa shape index (κ2) is 7.38. The fraction of sp³-hybridized carbons (Fsp3) is 0.188. The van der Waals surface area contributed by atoms with E-state index >= 15 is 0 Å². The average Bonchev–Trinajstić information content (AvgIpc) is 2.48. The first-order valence-corrected chi connectivity index (χ1v) is 6.65. The van der Waals surface area contributed by atoms with Crippen molar-refractivity contribution in [1.82, 2.24) is 5.32 Å². The first-order chi connectivity index (χ1) is 10.2. The fourth-order valence-electron chi connectivity index (χ4n) is 1.88. The Labute approximate surface area is 122 Å². The molecule has 0 spiro atoms. The summed E-state index contributed by atoms with van der Waals surface area (Å²) in [5, 5.41) is 5.37. The van der Waals surface area contributed by atoms with E-state index in [0.717, 1.165) is 0 Å². The maximum atomic E-state index is 13.4. The number of carbonyl (C=O) groups excluding carboxylic acids is 1. The van der Waals surface area contributed by atoms with E-state index in [-0.39, 0.29) is 24.0 Å². The van der Waals surface area contributed by atoms with Gasteiger partial charge in [-0.2, -0.15) is 0 Å². The topological polar surface area (TPSA) is 41.1 Å². The third-order valence-electron chi connectivity index (χ3n) is 2.99. The molecule has 0 atom stereocenters. The van der Waals surface area contributed by atoms with Gasteiger partial charge in [-0.05, 0) is 30.2 Å². The van der Waals surface area contributed by atoms with Crippen LogP contribution in [-0.4, -0.2) is 19.0 Å². The van der Waals surface area contributed by atoms with Gasteiger partial charge in [0, 0.05) is 6.54 Å². The van der Waals surface area contributed by atoms with Crippen molar-refractivity contribution in [3.8, 4) is 0 Å². The molecule has 0 aromatic heterocycles. The average molecular weight is 290 g/mol. The van der Waals surface area contributed by atoms with Gasteiger partial charge in [-0.1, -0.05) is 30.3 Å². The number of carbonyl (C=O) groups is 1. The number of para-hydroxylation sites is 1. The van der Waals surface area contributed by atoms with Crippen molar-refractivity contribution in [2.75, 3.05) is 18.4 Å². The van der Waals surface area contributed by atoms with Gasteiger partial charge < -0.3 is 10.6 Å². The lowest BCUT2D eigenvalue weighted by molar-refractivity contribution is -0.119. The molecule has 2 aromatic rings. The van der Waals surface area contributed by atoms with Crippen LogP contribution in [0.25, 0.3) is 0 Å². The van der Waals surface area contributed by atoms with E-state index in [9.17, 15) is 13.6 Å². The van der Waals surface area contributed by atoms with Gasteiger partial charge in [-0.3, -0.25) is 4.79 Å². The molecule has 0 heterocycles. The molecule has 0 fully saturated rings. The molecule has 0 aliphatic rings. The lowest BCUT2D eigenvalue weighted by atomic mass is 10.1. The summed E-state index contributed by atoms with van der Waals surface area (Å²) in [6.07, 6.45) is 0.415. The van der Waals surface area contributed by atoms with Crippen LogP contribution in [0.4, 0.5) is 14.5 Å². The molecule has 3 nitrogen and oxygen atoms in total. The van der Waals surface area contributed by atoms with Gasteiger partial charge in [0.15, 0.2) is 0 Å². The molecule has 5 heteroatoms. The van der Waals surface area contributed by atoms with Gasteiger partial charge in [-0.25, -0.2) is 8.78 Å². The molecule has 2 aromatic carbocycles. The summed E-state index contributed by atoms with van der Waals surface area (Å²) in [4.78, 5) is 11.6. The predicted molar refractivity (Wildman–Crippen MR) is 78.0 cm³/mol. The highest BCUT2D eigenvalue weighted by Crippen LogP contribution is 2.11. The van der Waals surface area contributed by atoms with E-state index in [4.69, 9.17) is 0 Å². The van der Waals surface area contributed by atoms with Gasteiger partial charge >= 0.3 is 0 Å². The highest BCUT2D eigenvalue weighted by molar-refractivity contribution is 5.80. The first kappa shape index (κ1) is 15.0. The van der Waals surface area contributed by atoms with Crippen molar-refractivity contribution >= 4 is 11.6 Å². The molecule has 0 bridgehead atoms. The zero-order valence-corrected chi connectivity index (χ0v) is 11.4. The number of hydrogen-bond donors (Lipinski definition) is 2. The molecular formula is C16H16F2N2O. The molecular weight excluding hydrogens is 274 g/mol. The van der Waals surface area contributed by atoms with E-state index < -0.39 is 5.82 Å². The molecule has 0 saturated heterocycles. The second-order valence-corrected chi connectivity index (χ2v) is 4.52. The molecule has 21 heavy (non-hydrogen) atoms. The van der Waals surface area contributed by atoms with Crippen molar-refractivity contribution in [3.63, 3.8) is 0 Å². The standard InChI is InChI=1S/C16H16F2N2O/c17-13-6-2-1-5-12(13)9-10-19-16(21)11-20-15-8-4-3-7-14(15)18/h1-8,20H,9-11H2,(H,19,21). The zero-order chi connectivity index (χ0) is 15.1. The third-order valence-corrected chi connectivity index (χ3v) is 2.99. The van der Waals surface area contributed by atoms with Crippen LogP contribution in [0.1, 0.15) is 5.56 Å².